The van der Waals surface area contributed by atoms with E-state index >= 15 is 0 Å². The molecular weight excluding hydrogens is 353 g/mol. The number of nitrogens with zero attached hydrogens (tertiary/aromatic N) is 1. The largest absolute Gasteiger partial charge is 0.381 e. The van der Waals surface area contributed by atoms with Gasteiger partial charge in [-0.15, -0.1) is 24.8 Å². The van der Waals surface area contributed by atoms with Crippen molar-refractivity contribution >= 4 is 30.5 Å². The van der Waals surface area contributed by atoms with Crippen molar-refractivity contribution in [2.45, 2.75) is 25.9 Å². The van der Waals surface area contributed by atoms with Gasteiger partial charge < -0.3 is 10.6 Å². The Balaban J connectivity index is 0.00000156. The van der Waals surface area contributed by atoms with Crippen LogP contribution in [0, 0.1) is 0 Å². The summed E-state index contributed by atoms with van der Waals surface area (Å²) >= 11 is 0. The minimum absolute atomic E-state index is 0. The molecule has 0 bridgehead atoms. The zero-order chi connectivity index (χ0) is 15.9. The summed E-state index contributed by atoms with van der Waals surface area (Å²) in [5.74, 6) is 0. The average molecular weight is 382 g/mol. The number of benzene rings is 2. The molecular formula is C20H29Cl2N3. The molecule has 3 rings (SSSR count). The van der Waals surface area contributed by atoms with Gasteiger partial charge in [0.25, 0.3) is 0 Å². The number of hydrogen-bond donors (Lipinski definition) is 2. The molecule has 1 aliphatic rings. The smallest absolute Gasteiger partial charge is 0.0400 e. The highest BCUT2D eigenvalue weighted by Crippen LogP contribution is 2.25. The van der Waals surface area contributed by atoms with Crippen LogP contribution in [0.2, 0.25) is 0 Å². The van der Waals surface area contributed by atoms with Crippen LogP contribution in [0.4, 0.5) is 5.69 Å². The van der Waals surface area contributed by atoms with Crippen LogP contribution < -0.4 is 10.6 Å². The van der Waals surface area contributed by atoms with Crippen molar-refractivity contribution in [3.63, 3.8) is 0 Å². The molecule has 138 valence electrons. The molecule has 1 saturated heterocycles. The fourth-order valence-corrected chi connectivity index (χ4v) is 3.32. The molecule has 1 heterocycles. The number of anilines is 1. The van der Waals surface area contributed by atoms with Crippen LogP contribution in [0.25, 0.3) is 0 Å². The third-order valence-corrected chi connectivity index (χ3v) is 4.61. The summed E-state index contributed by atoms with van der Waals surface area (Å²) in [6, 6.07) is 20.1. The minimum atomic E-state index is 0. The van der Waals surface area contributed by atoms with E-state index in [9.17, 15) is 0 Å². The molecule has 3 nitrogen and oxygen atoms in total. The third-order valence-electron chi connectivity index (χ3n) is 4.61. The van der Waals surface area contributed by atoms with Crippen LogP contribution in [-0.4, -0.2) is 31.1 Å². The van der Waals surface area contributed by atoms with Crippen molar-refractivity contribution in [1.82, 2.24) is 10.2 Å². The maximum atomic E-state index is 3.50. The quantitative estimate of drug-likeness (QED) is 0.771. The van der Waals surface area contributed by atoms with Gasteiger partial charge in [0.2, 0.25) is 0 Å². The molecule has 1 fully saturated rings. The van der Waals surface area contributed by atoms with Gasteiger partial charge >= 0.3 is 0 Å². The second kappa shape index (κ2) is 11.4. The summed E-state index contributed by atoms with van der Waals surface area (Å²) in [7, 11) is 0. The Hall–Kier alpha value is -1.26. The van der Waals surface area contributed by atoms with Gasteiger partial charge in [-0.3, -0.25) is 4.90 Å². The lowest BCUT2D eigenvalue weighted by molar-refractivity contribution is 0.169. The van der Waals surface area contributed by atoms with E-state index in [1.54, 1.807) is 0 Å². The summed E-state index contributed by atoms with van der Waals surface area (Å²) in [6.07, 6.45) is 1.16. The summed E-state index contributed by atoms with van der Waals surface area (Å²) in [5.41, 5.74) is 3.93. The topological polar surface area (TPSA) is 27.3 Å². The summed E-state index contributed by atoms with van der Waals surface area (Å²) in [6.45, 7) is 7.66. The lowest BCUT2D eigenvalue weighted by Gasteiger charge is -2.34. The molecule has 0 radical (unpaired) electrons. The first kappa shape index (κ1) is 21.8. The highest BCUT2D eigenvalue weighted by atomic mass is 35.5. The number of halogens is 2. The molecule has 2 aromatic carbocycles. The summed E-state index contributed by atoms with van der Waals surface area (Å²) < 4.78 is 0. The van der Waals surface area contributed by atoms with E-state index < -0.39 is 0 Å². The molecule has 0 aliphatic carbocycles. The number of rotatable bonds is 6. The lowest BCUT2D eigenvalue weighted by atomic mass is 10.0. The van der Waals surface area contributed by atoms with Crippen molar-refractivity contribution < 1.29 is 0 Å². The average Bonchev–Trinajstić information content (AvgIpc) is 2.63. The molecule has 2 N–H and O–H groups in total. The Kier molecular flexibility index (Phi) is 9.91. The second-order valence-electron chi connectivity index (χ2n) is 6.17. The van der Waals surface area contributed by atoms with Crippen molar-refractivity contribution in [2.24, 2.45) is 0 Å². The van der Waals surface area contributed by atoms with Gasteiger partial charge in [-0.1, -0.05) is 49.4 Å². The highest BCUT2D eigenvalue weighted by Gasteiger charge is 2.20. The van der Waals surface area contributed by atoms with Gasteiger partial charge in [0.05, 0.1) is 0 Å². The zero-order valence-corrected chi connectivity index (χ0v) is 16.4. The monoisotopic (exact) mass is 381 g/mol. The second-order valence-corrected chi connectivity index (χ2v) is 6.17. The molecule has 0 amide bonds. The predicted octanol–water partition coefficient (Wildman–Crippen LogP) is 4.50. The standard InChI is InChI=1S/C20H27N3.2ClH/c1-2-20(23-14-12-21-13-15-23)18-8-10-19(11-9-18)22-16-17-6-4-3-5-7-17;;/h3-11,20-22H,2,12-16H2,1H3;2*1H/t20-;;/m1../s1. The van der Waals surface area contributed by atoms with E-state index in [0.29, 0.717) is 6.04 Å². The van der Waals surface area contributed by atoms with Crippen molar-refractivity contribution in [3.8, 4) is 0 Å². The number of hydrogen-bond acceptors (Lipinski definition) is 3. The normalized spacial score (nSPS) is 15.6. The van der Waals surface area contributed by atoms with Crippen LogP contribution in [0.3, 0.4) is 0 Å². The molecule has 2 aromatic rings. The first-order chi connectivity index (χ1) is 11.4. The van der Waals surface area contributed by atoms with Crippen LogP contribution in [-0.2, 0) is 6.54 Å². The lowest BCUT2D eigenvalue weighted by Crippen LogP contribution is -2.45. The van der Waals surface area contributed by atoms with Gasteiger partial charge in [-0.25, -0.2) is 0 Å². The first-order valence-electron chi connectivity index (χ1n) is 8.69. The zero-order valence-electron chi connectivity index (χ0n) is 14.8. The molecule has 0 aromatic heterocycles. The van der Waals surface area contributed by atoms with E-state index in [2.05, 4.69) is 77.1 Å². The fraction of sp³-hybridized carbons (Fsp3) is 0.400. The third kappa shape index (κ3) is 6.19. The van der Waals surface area contributed by atoms with E-state index in [4.69, 9.17) is 0 Å². The van der Waals surface area contributed by atoms with Gasteiger partial charge in [0.15, 0.2) is 0 Å². The first-order valence-corrected chi connectivity index (χ1v) is 8.69. The van der Waals surface area contributed by atoms with Gasteiger partial charge in [-0.2, -0.15) is 0 Å². The maximum absolute atomic E-state index is 3.50. The maximum Gasteiger partial charge on any atom is 0.0400 e. The predicted molar refractivity (Wildman–Crippen MR) is 112 cm³/mol. The van der Waals surface area contributed by atoms with Crippen molar-refractivity contribution in [2.75, 3.05) is 31.5 Å². The van der Waals surface area contributed by atoms with E-state index in [0.717, 1.165) is 39.1 Å². The van der Waals surface area contributed by atoms with Crippen molar-refractivity contribution in [3.05, 3.63) is 65.7 Å². The van der Waals surface area contributed by atoms with Gasteiger partial charge in [0, 0.05) is 44.5 Å². The minimum Gasteiger partial charge on any atom is -0.381 e. The Morgan fingerprint density at radius 1 is 0.960 bits per heavy atom. The Labute approximate surface area is 164 Å². The molecule has 25 heavy (non-hydrogen) atoms. The summed E-state index contributed by atoms with van der Waals surface area (Å²) in [5, 5.41) is 6.94. The highest BCUT2D eigenvalue weighted by molar-refractivity contribution is 5.85. The SMILES string of the molecule is CC[C@H](c1ccc(NCc2ccccc2)cc1)N1CCNCC1.Cl.Cl. The molecule has 1 aliphatic heterocycles. The van der Waals surface area contributed by atoms with Crippen LogP contribution >= 0.6 is 24.8 Å². The van der Waals surface area contributed by atoms with Crippen LogP contribution in [0.1, 0.15) is 30.5 Å². The number of piperazine rings is 1. The van der Waals surface area contributed by atoms with Gasteiger partial charge in [0.1, 0.15) is 0 Å². The number of nitrogens with one attached hydrogen (secondary N) is 2. The van der Waals surface area contributed by atoms with Crippen LogP contribution in [0.15, 0.2) is 54.6 Å². The Bertz CT molecular complexity index is 584. The fourth-order valence-electron chi connectivity index (χ4n) is 3.32. The molecule has 0 unspecified atom stereocenters. The van der Waals surface area contributed by atoms with Gasteiger partial charge in [-0.05, 0) is 29.7 Å². The molecule has 0 spiro atoms. The van der Waals surface area contributed by atoms with Crippen LogP contribution in [0.5, 0.6) is 0 Å². The molecule has 5 heteroatoms. The van der Waals surface area contributed by atoms with Crippen molar-refractivity contribution in [1.29, 1.82) is 0 Å². The Morgan fingerprint density at radius 2 is 1.60 bits per heavy atom. The van der Waals surface area contributed by atoms with E-state index in [1.807, 2.05) is 0 Å². The Morgan fingerprint density at radius 3 is 2.20 bits per heavy atom. The molecule has 1 atom stereocenters. The summed E-state index contributed by atoms with van der Waals surface area (Å²) in [4.78, 5) is 2.60. The van der Waals surface area contributed by atoms with E-state index in [1.165, 1.54) is 16.8 Å². The molecule has 0 saturated carbocycles. The van der Waals surface area contributed by atoms with E-state index in [-0.39, 0.29) is 24.8 Å².